The molecule has 4 heteroatoms. The van der Waals surface area contributed by atoms with Crippen LogP contribution in [0, 0.1) is 13.8 Å². The van der Waals surface area contributed by atoms with E-state index in [0.29, 0.717) is 10.7 Å². The van der Waals surface area contributed by atoms with Crippen molar-refractivity contribution in [1.82, 2.24) is 4.98 Å². The third-order valence-corrected chi connectivity index (χ3v) is 4.01. The van der Waals surface area contributed by atoms with Crippen molar-refractivity contribution in [3.05, 3.63) is 59.2 Å². The van der Waals surface area contributed by atoms with Crippen LogP contribution in [0.25, 0.3) is 10.2 Å². The van der Waals surface area contributed by atoms with Crippen LogP contribution in [-0.2, 0) is 0 Å². The van der Waals surface area contributed by atoms with Gasteiger partial charge in [-0.25, -0.2) is 4.98 Å². The lowest BCUT2D eigenvalue weighted by molar-refractivity contribution is 0.102. The standard InChI is InChI=1S/C16H14N2OS/c1-10-3-6-12(7-4-10)15(19)18-16-17-13-8-5-11(2)9-14(13)20-16/h3-9H,1-2H3,(H,17,18,19). The van der Waals surface area contributed by atoms with E-state index in [1.165, 1.54) is 16.9 Å². The molecule has 1 N–H and O–H groups in total. The maximum atomic E-state index is 12.1. The largest absolute Gasteiger partial charge is 0.298 e. The van der Waals surface area contributed by atoms with Gasteiger partial charge in [-0.2, -0.15) is 0 Å². The Kier molecular flexibility index (Phi) is 3.24. The van der Waals surface area contributed by atoms with Crippen LogP contribution >= 0.6 is 11.3 Å². The minimum Gasteiger partial charge on any atom is -0.298 e. The van der Waals surface area contributed by atoms with Gasteiger partial charge in [-0.1, -0.05) is 35.1 Å². The van der Waals surface area contributed by atoms with Crippen molar-refractivity contribution in [2.24, 2.45) is 0 Å². The average Bonchev–Trinajstić information content (AvgIpc) is 2.80. The molecule has 0 spiro atoms. The van der Waals surface area contributed by atoms with Crippen LogP contribution < -0.4 is 5.32 Å². The summed E-state index contributed by atoms with van der Waals surface area (Å²) >= 11 is 1.49. The summed E-state index contributed by atoms with van der Waals surface area (Å²) in [5.41, 5.74) is 3.89. The fourth-order valence-electron chi connectivity index (χ4n) is 1.96. The van der Waals surface area contributed by atoms with Gasteiger partial charge in [0.2, 0.25) is 0 Å². The number of carbonyl (C=O) groups is 1. The van der Waals surface area contributed by atoms with Gasteiger partial charge in [-0.05, 0) is 43.7 Å². The average molecular weight is 282 g/mol. The summed E-state index contributed by atoms with van der Waals surface area (Å²) in [6.45, 7) is 4.04. The Morgan fingerprint density at radius 2 is 1.75 bits per heavy atom. The number of nitrogens with one attached hydrogen (secondary N) is 1. The van der Waals surface area contributed by atoms with E-state index in [9.17, 15) is 4.79 Å². The van der Waals surface area contributed by atoms with Gasteiger partial charge < -0.3 is 0 Å². The molecule has 0 aliphatic heterocycles. The number of aromatic nitrogens is 1. The summed E-state index contributed by atoms with van der Waals surface area (Å²) in [4.78, 5) is 16.5. The van der Waals surface area contributed by atoms with E-state index < -0.39 is 0 Å². The highest BCUT2D eigenvalue weighted by atomic mass is 32.1. The molecule has 0 fully saturated rings. The molecule has 3 nitrogen and oxygen atoms in total. The quantitative estimate of drug-likeness (QED) is 0.766. The first-order chi connectivity index (χ1) is 9.61. The van der Waals surface area contributed by atoms with Gasteiger partial charge in [0.1, 0.15) is 0 Å². The molecule has 3 rings (SSSR count). The Balaban J connectivity index is 1.85. The highest BCUT2D eigenvalue weighted by Gasteiger charge is 2.09. The number of hydrogen-bond donors (Lipinski definition) is 1. The van der Waals surface area contributed by atoms with Crippen LogP contribution in [0.4, 0.5) is 5.13 Å². The fourth-order valence-corrected chi connectivity index (χ4v) is 2.92. The van der Waals surface area contributed by atoms with Gasteiger partial charge in [0.05, 0.1) is 10.2 Å². The molecule has 1 heterocycles. The highest BCUT2D eigenvalue weighted by Crippen LogP contribution is 2.26. The zero-order valence-corrected chi connectivity index (χ0v) is 12.1. The van der Waals surface area contributed by atoms with Crippen LogP contribution in [0.5, 0.6) is 0 Å². The summed E-state index contributed by atoms with van der Waals surface area (Å²) in [5.74, 6) is -0.124. The number of carbonyl (C=O) groups excluding carboxylic acids is 1. The Morgan fingerprint density at radius 1 is 1.05 bits per heavy atom. The number of fused-ring (bicyclic) bond motifs is 1. The zero-order valence-electron chi connectivity index (χ0n) is 11.3. The smallest absolute Gasteiger partial charge is 0.257 e. The van der Waals surface area contributed by atoms with Gasteiger partial charge >= 0.3 is 0 Å². The number of thiazole rings is 1. The lowest BCUT2D eigenvalue weighted by Crippen LogP contribution is -2.11. The lowest BCUT2D eigenvalue weighted by atomic mass is 10.1. The van der Waals surface area contributed by atoms with Crippen molar-refractivity contribution in [3.8, 4) is 0 Å². The number of nitrogens with zero attached hydrogens (tertiary/aromatic N) is 1. The summed E-state index contributed by atoms with van der Waals surface area (Å²) in [7, 11) is 0. The third-order valence-electron chi connectivity index (χ3n) is 3.08. The Bertz CT molecular complexity index is 775. The monoisotopic (exact) mass is 282 g/mol. The molecule has 0 atom stereocenters. The maximum absolute atomic E-state index is 12.1. The van der Waals surface area contributed by atoms with E-state index in [4.69, 9.17) is 0 Å². The van der Waals surface area contributed by atoms with Crippen molar-refractivity contribution in [2.75, 3.05) is 5.32 Å². The first-order valence-corrected chi connectivity index (χ1v) is 7.19. The van der Waals surface area contributed by atoms with E-state index in [-0.39, 0.29) is 5.91 Å². The van der Waals surface area contributed by atoms with E-state index in [1.807, 2.05) is 50.2 Å². The minimum atomic E-state index is -0.124. The topological polar surface area (TPSA) is 42.0 Å². The van der Waals surface area contributed by atoms with E-state index in [2.05, 4.69) is 16.4 Å². The molecule has 0 aliphatic rings. The Morgan fingerprint density at radius 3 is 2.50 bits per heavy atom. The lowest BCUT2D eigenvalue weighted by Gasteiger charge is -2.01. The second-order valence-corrected chi connectivity index (χ2v) is 5.84. The van der Waals surface area contributed by atoms with Crippen LogP contribution in [0.15, 0.2) is 42.5 Å². The first kappa shape index (κ1) is 12.8. The number of aryl methyl sites for hydroxylation is 2. The predicted molar refractivity (Wildman–Crippen MR) is 83.5 cm³/mol. The molecule has 20 heavy (non-hydrogen) atoms. The fraction of sp³-hybridized carbons (Fsp3) is 0.125. The number of rotatable bonds is 2. The molecule has 0 radical (unpaired) electrons. The maximum Gasteiger partial charge on any atom is 0.257 e. The summed E-state index contributed by atoms with van der Waals surface area (Å²) in [6.07, 6.45) is 0. The van der Waals surface area contributed by atoms with E-state index >= 15 is 0 Å². The van der Waals surface area contributed by atoms with Crippen molar-refractivity contribution in [2.45, 2.75) is 13.8 Å². The normalized spacial score (nSPS) is 10.7. The number of anilines is 1. The minimum absolute atomic E-state index is 0.124. The van der Waals surface area contributed by atoms with Crippen molar-refractivity contribution in [3.63, 3.8) is 0 Å². The van der Waals surface area contributed by atoms with Crippen molar-refractivity contribution < 1.29 is 4.79 Å². The van der Waals surface area contributed by atoms with Gasteiger partial charge in [-0.3, -0.25) is 10.1 Å². The molecule has 0 unspecified atom stereocenters. The Labute approximate surface area is 121 Å². The molecule has 1 aromatic heterocycles. The molecule has 2 aromatic carbocycles. The van der Waals surface area contributed by atoms with Crippen molar-refractivity contribution in [1.29, 1.82) is 0 Å². The van der Waals surface area contributed by atoms with Crippen LogP contribution in [-0.4, -0.2) is 10.9 Å². The molecule has 100 valence electrons. The molecule has 0 aliphatic carbocycles. The molecule has 0 bridgehead atoms. The van der Waals surface area contributed by atoms with Gasteiger partial charge in [0.25, 0.3) is 5.91 Å². The number of benzene rings is 2. The molecule has 0 saturated heterocycles. The van der Waals surface area contributed by atoms with E-state index in [1.54, 1.807) is 0 Å². The van der Waals surface area contributed by atoms with Gasteiger partial charge in [-0.15, -0.1) is 0 Å². The van der Waals surface area contributed by atoms with Gasteiger partial charge in [0, 0.05) is 5.56 Å². The molecular formula is C16H14N2OS. The Hall–Kier alpha value is -2.20. The molecule has 3 aromatic rings. The van der Waals surface area contributed by atoms with Crippen LogP contribution in [0.2, 0.25) is 0 Å². The summed E-state index contributed by atoms with van der Waals surface area (Å²) < 4.78 is 1.09. The molecular weight excluding hydrogens is 268 g/mol. The third kappa shape index (κ3) is 2.56. The zero-order chi connectivity index (χ0) is 14.1. The van der Waals surface area contributed by atoms with E-state index in [0.717, 1.165) is 15.8 Å². The number of hydrogen-bond acceptors (Lipinski definition) is 3. The summed E-state index contributed by atoms with van der Waals surface area (Å²) in [6, 6.07) is 13.6. The molecule has 0 saturated carbocycles. The second kappa shape index (κ2) is 5.06. The number of amides is 1. The molecule has 1 amide bonds. The predicted octanol–water partition coefficient (Wildman–Crippen LogP) is 4.17. The first-order valence-electron chi connectivity index (χ1n) is 6.37. The van der Waals surface area contributed by atoms with Crippen LogP contribution in [0.3, 0.4) is 0 Å². The highest BCUT2D eigenvalue weighted by molar-refractivity contribution is 7.22. The summed E-state index contributed by atoms with van der Waals surface area (Å²) in [5, 5.41) is 3.49. The van der Waals surface area contributed by atoms with Crippen LogP contribution in [0.1, 0.15) is 21.5 Å². The second-order valence-electron chi connectivity index (χ2n) is 4.81. The van der Waals surface area contributed by atoms with Crippen molar-refractivity contribution >= 4 is 32.6 Å². The SMILES string of the molecule is Cc1ccc(C(=O)Nc2nc3ccc(C)cc3s2)cc1. The van der Waals surface area contributed by atoms with Gasteiger partial charge in [0.15, 0.2) is 5.13 Å².